The molecule has 1 aliphatic rings. The average Bonchev–Trinajstić information content (AvgIpc) is 2.84. The summed E-state index contributed by atoms with van der Waals surface area (Å²) >= 11 is 3.42. The van der Waals surface area contributed by atoms with Crippen molar-refractivity contribution in [2.45, 2.75) is 6.42 Å². The molecule has 2 aromatic rings. The van der Waals surface area contributed by atoms with E-state index in [1.807, 2.05) is 29.2 Å². The molecule has 0 aliphatic carbocycles. The molecule has 3 rings (SSSR count). The van der Waals surface area contributed by atoms with Gasteiger partial charge in [0.1, 0.15) is 0 Å². The van der Waals surface area contributed by atoms with Crippen LogP contribution in [-0.4, -0.2) is 12.5 Å². The molecule has 0 radical (unpaired) electrons. The summed E-state index contributed by atoms with van der Waals surface area (Å²) in [7, 11) is 0. The molecule has 2 N–H and O–H groups in total. The Balaban J connectivity index is 2.00. The highest BCUT2D eigenvalue weighted by Gasteiger charge is 2.26. The highest BCUT2D eigenvalue weighted by atomic mass is 79.9. The van der Waals surface area contributed by atoms with E-state index in [1.54, 1.807) is 12.1 Å². The van der Waals surface area contributed by atoms with Gasteiger partial charge < -0.3 is 10.6 Å². The Bertz CT molecular complexity index is 654. The second-order valence-corrected chi connectivity index (χ2v) is 5.43. The molecule has 96 valence electrons. The molecule has 0 fully saturated rings. The largest absolute Gasteiger partial charge is 0.399 e. The molecule has 0 saturated heterocycles. The molecular weight excluding hydrogens is 304 g/mol. The van der Waals surface area contributed by atoms with Crippen LogP contribution in [0.1, 0.15) is 15.9 Å². The molecule has 2 aromatic carbocycles. The van der Waals surface area contributed by atoms with Crippen LogP contribution in [0.4, 0.5) is 11.4 Å². The molecule has 1 heterocycles. The SMILES string of the molecule is Nc1ccc(Br)c(C(=O)N2CCc3ccccc32)c1. The number of benzene rings is 2. The van der Waals surface area contributed by atoms with Crippen LogP contribution in [0.3, 0.4) is 0 Å². The zero-order valence-electron chi connectivity index (χ0n) is 10.3. The molecule has 3 nitrogen and oxygen atoms in total. The van der Waals surface area contributed by atoms with Crippen LogP contribution in [0.2, 0.25) is 0 Å². The van der Waals surface area contributed by atoms with Crippen LogP contribution >= 0.6 is 15.9 Å². The van der Waals surface area contributed by atoms with E-state index in [1.165, 1.54) is 5.56 Å². The number of fused-ring (bicyclic) bond motifs is 1. The maximum absolute atomic E-state index is 12.6. The van der Waals surface area contributed by atoms with Gasteiger partial charge in [0, 0.05) is 22.4 Å². The third-order valence-corrected chi connectivity index (χ3v) is 4.04. The van der Waals surface area contributed by atoms with Crippen molar-refractivity contribution in [3.63, 3.8) is 0 Å². The second kappa shape index (κ2) is 4.70. The molecule has 19 heavy (non-hydrogen) atoms. The van der Waals surface area contributed by atoms with E-state index in [0.717, 1.165) is 23.1 Å². The van der Waals surface area contributed by atoms with E-state index in [9.17, 15) is 4.79 Å². The molecule has 4 heteroatoms. The highest BCUT2D eigenvalue weighted by Crippen LogP contribution is 2.30. The first-order valence-electron chi connectivity index (χ1n) is 6.11. The van der Waals surface area contributed by atoms with E-state index in [2.05, 4.69) is 22.0 Å². The van der Waals surface area contributed by atoms with Crippen molar-refractivity contribution in [2.24, 2.45) is 0 Å². The Kier molecular flexibility index (Phi) is 3.03. The lowest BCUT2D eigenvalue weighted by Crippen LogP contribution is -2.29. The number of para-hydroxylation sites is 1. The van der Waals surface area contributed by atoms with Gasteiger partial charge in [-0.05, 0) is 52.2 Å². The van der Waals surface area contributed by atoms with Crippen molar-refractivity contribution in [2.75, 3.05) is 17.2 Å². The zero-order valence-corrected chi connectivity index (χ0v) is 11.9. The minimum absolute atomic E-state index is 0.0101. The standard InChI is InChI=1S/C15H13BrN2O/c16-13-6-5-11(17)9-12(13)15(19)18-8-7-10-3-1-2-4-14(10)18/h1-6,9H,7-8,17H2. The Hall–Kier alpha value is -1.81. The van der Waals surface area contributed by atoms with E-state index in [-0.39, 0.29) is 5.91 Å². The Morgan fingerprint density at radius 1 is 1.21 bits per heavy atom. The van der Waals surface area contributed by atoms with Crippen molar-refractivity contribution < 1.29 is 4.79 Å². The monoisotopic (exact) mass is 316 g/mol. The van der Waals surface area contributed by atoms with Gasteiger partial charge in [0.05, 0.1) is 5.56 Å². The number of carbonyl (C=O) groups excluding carboxylic acids is 1. The van der Waals surface area contributed by atoms with Crippen molar-refractivity contribution in [1.29, 1.82) is 0 Å². The summed E-state index contributed by atoms with van der Waals surface area (Å²) in [5, 5.41) is 0. The van der Waals surface area contributed by atoms with Crippen LogP contribution in [0.15, 0.2) is 46.9 Å². The molecule has 1 amide bonds. The van der Waals surface area contributed by atoms with Crippen LogP contribution in [0.5, 0.6) is 0 Å². The first-order valence-corrected chi connectivity index (χ1v) is 6.91. The summed E-state index contributed by atoms with van der Waals surface area (Å²) in [5.74, 6) is -0.0101. The molecule has 0 aromatic heterocycles. The number of nitrogens with zero attached hydrogens (tertiary/aromatic N) is 1. The number of nitrogen functional groups attached to an aromatic ring is 1. The summed E-state index contributed by atoms with van der Waals surface area (Å²) < 4.78 is 0.774. The number of hydrogen-bond acceptors (Lipinski definition) is 2. The predicted molar refractivity (Wildman–Crippen MR) is 80.4 cm³/mol. The fourth-order valence-electron chi connectivity index (χ4n) is 2.40. The molecule has 0 saturated carbocycles. The summed E-state index contributed by atoms with van der Waals surface area (Å²) in [4.78, 5) is 14.4. The van der Waals surface area contributed by atoms with E-state index in [4.69, 9.17) is 5.73 Å². The number of hydrogen-bond donors (Lipinski definition) is 1. The van der Waals surface area contributed by atoms with Gasteiger partial charge >= 0.3 is 0 Å². The lowest BCUT2D eigenvalue weighted by molar-refractivity contribution is 0.0988. The van der Waals surface area contributed by atoms with Crippen LogP contribution in [-0.2, 0) is 6.42 Å². The average molecular weight is 317 g/mol. The lowest BCUT2D eigenvalue weighted by Gasteiger charge is -2.18. The zero-order chi connectivity index (χ0) is 13.4. The summed E-state index contributed by atoms with van der Waals surface area (Å²) in [5.41, 5.74) is 9.19. The Labute approximate surface area is 120 Å². The number of carbonyl (C=O) groups is 1. The maximum Gasteiger partial charge on any atom is 0.259 e. The number of nitrogens with two attached hydrogens (primary N) is 1. The smallest absolute Gasteiger partial charge is 0.259 e. The van der Waals surface area contributed by atoms with Gasteiger partial charge in [-0.3, -0.25) is 4.79 Å². The van der Waals surface area contributed by atoms with Gasteiger partial charge in [0.2, 0.25) is 0 Å². The summed E-state index contributed by atoms with van der Waals surface area (Å²) in [6.45, 7) is 0.722. The molecule has 0 spiro atoms. The van der Waals surface area contributed by atoms with Crippen LogP contribution in [0.25, 0.3) is 0 Å². The normalized spacial score (nSPS) is 13.4. The minimum atomic E-state index is -0.0101. The quantitative estimate of drug-likeness (QED) is 0.821. The van der Waals surface area contributed by atoms with Crippen molar-refractivity contribution >= 4 is 33.2 Å². The molecule has 0 unspecified atom stereocenters. The molecule has 1 aliphatic heterocycles. The summed E-state index contributed by atoms with van der Waals surface area (Å²) in [6.07, 6.45) is 0.905. The Morgan fingerprint density at radius 2 is 2.00 bits per heavy atom. The van der Waals surface area contributed by atoms with Gasteiger partial charge in [-0.25, -0.2) is 0 Å². The number of anilines is 2. The fourth-order valence-corrected chi connectivity index (χ4v) is 2.82. The first kappa shape index (κ1) is 12.2. The molecular formula is C15H13BrN2O. The van der Waals surface area contributed by atoms with Gasteiger partial charge in [0.25, 0.3) is 5.91 Å². The van der Waals surface area contributed by atoms with Crippen molar-refractivity contribution in [1.82, 2.24) is 0 Å². The van der Waals surface area contributed by atoms with Crippen LogP contribution < -0.4 is 10.6 Å². The summed E-state index contributed by atoms with van der Waals surface area (Å²) in [6, 6.07) is 13.3. The Morgan fingerprint density at radius 3 is 2.84 bits per heavy atom. The third-order valence-electron chi connectivity index (χ3n) is 3.35. The lowest BCUT2D eigenvalue weighted by atomic mass is 10.1. The van der Waals surface area contributed by atoms with E-state index < -0.39 is 0 Å². The van der Waals surface area contributed by atoms with Crippen LogP contribution in [0, 0.1) is 0 Å². The highest BCUT2D eigenvalue weighted by molar-refractivity contribution is 9.10. The van der Waals surface area contributed by atoms with Gasteiger partial charge in [0.15, 0.2) is 0 Å². The minimum Gasteiger partial charge on any atom is -0.399 e. The number of halogens is 1. The fraction of sp³-hybridized carbons (Fsp3) is 0.133. The molecule has 0 bridgehead atoms. The van der Waals surface area contributed by atoms with Gasteiger partial charge in [-0.15, -0.1) is 0 Å². The van der Waals surface area contributed by atoms with E-state index in [0.29, 0.717) is 11.3 Å². The van der Waals surface area contributed by atoms with Crippen molar-refractivity contribution in [3.8, 4) is 0 Å². The maximum atomic E-state index is 12.6. The van der Waals surface area contributed by atoms with E-state index >= 15 is 0 Å². The predicted octanol–water partition coefficient (Wildman–Crippen LogP) is 3.23. The third kappa shape index (κ3) is 2.12. The van der Waals surface area contributed by atoms with Crippen molar-refractivity contribution in [3.05, 3.63) is 58.1 Å². The second-order valence-electron chi connectivity index (χ2n) is 4.57. The first-order chi connectivity index (χ1) is 9.16. The number of amides is 1. The number of rotatable bonds is 1. The van der Waals surface area contributed by atoms with Gasteiger partial charge in [-0.2, -0.15) is 0 Å². The topological polar surface area (TPSA) is 46.3 Å². The molecule has 0 atom stereocenters. The van der Waals surface area contributed by atoms with Gasteiger partial charge in [-0.1, -0.05) is 18.2 Å².